The van der Waals surface area contributed by atoms with E-state index >= 15 is 0 Å². The third-order valence-corrected chi connectivity index (χ3v) is 5.33. The first kappa shape index (κ1) is 18.6. The van der Waals surface area contributed by atoms with Crippen molar-refractivity contribution in [3.8, 4) is 6.07 Å². The van der Waals surface area contributed by atoms with Gasteiger partial charge in [-0.15, -0.1) is 11.3 Å². The summed E-state index contributed by atoms with van der Waals surface area (Å²) in [6.07, 6.45) is 7.53. The Hall–Kier alpha value is -3.18. The minimum absolute atomic E-state index is 0.225. The molecule has 27 heavy (non-hydrogen) atoms. The molecule has 0 aromatic carbocycles. The Labute approximate surface area is 160 Å². The molecule has 2 amide bonds. The second-order valence-electron chi connectivity index (χ2n) is 5.95. The highest BCUT2D eigenvalue weighted by atomic mass is 32.1. The Balaban J connectivity index is 1.72. The van der Waals surface area contributed by atoms with Crippen molar-refractivity contribution in [3.05, 3.63) is 52.2 Å². The van der Waals surface area contributed by atoms with Gasteiger partial charge in [0.1, 0.15) is 17.2 Å². The number of hydrogen-bond donors (Lipinski definition) is 2. The average molecular weight is 382 g/mol. The summed E-state index contributed by atoms with van der Waals surface area (Å²) < 4.78 is 5.32. The van der Waals surface area contributed by atoms with Gasteiger partial charge in [0.05, 0.1) is 5.56 Å². The fraction of sp³-hybridized carbons (Fsp3) is 0.263. The van der Waals surface area contributed by atoms with Crippen LogP contribution in [0.3, 0.4) is 0 Å². The lowest BCUT2D eigenvalue weighted by molar-refractivity contribution is -0.111. The SMILES string of the molecule is CNC(=O)OC1CCc2c(sc(NC(=O)C=Cc3cccnc3)c2C#N)C1. The number of thiophene rings is 1. The number of nitrogens with one attached hydrogen (secondary N) is 2. The number of hydrogen-bond acceptors (Lipinski definition) is 6. The Kier molecular flexibility index (Phi) is 5.84. The van der Waals surface area contributed by atoms with Crippen LogP contribution in [0, 0.1) is 11.3 Å². The Morgan fingerprint density at radius 1 is 1.48 bits per heavy atom. The second-order valence-corrected chi connectivity index (χ2v) is 7.05. The summed E-state index contributed by atoms with van der Waals surface area (Å²) in [6, 6.07) is 5.82. The smallest absolute Gasteiger partial charge is 0.407 e. The van der Waals surface area contributed by atoms with E-state index in [2.05, 4.69) is 21.7 Å². The molecular formula is C19H18N4O3S. The highest BCUT2D eigenvalue weighted by molar-refractivity contribution is 7.16. The van der Waals surface area contributed by atoms with Crippen molar-refractivity contribution in [2.75, 3.05) is 12.4 Å². The summed E-state index contributed by atoms with van der Waals surface area (Å²) in [5.74, 6) is -0.313. The largest absolute Gasteiger partial charge is 0.446 e. The molecule has 0 spiro atoms. The molecule has 1 unspecified atom stereocenters. The lowest BCUT2D eigenvalue weighted by atomic mass is 9.94. The standard InChI is InChI=1S/C19H18N4O3S/c1-21-19(25)26-13-5-6-14-15(10-20)18(27-16(14)9-13)23-17(24)7-4-12-3-2-8-22-11-12/h2-4,7-8,11,13H,5-6,9H2,1H3,(H,21,25)(H,23,24). The van der Waals surface area contributed by atoms with Crippen LogP contribution in [0.1, 0.15) is 28.0 Å². The number of anilines is 1. The van der Waals surface area contributed by atoms with Gasteiger partial charge >= 0.3 is 6.09 Å². The Bertz CT molecular complexity index is 915. The van der Waals surface area contributed by atoms with E-state index in [1.807, 2.05) is 6.07 Å². The Morgan fingerprint density at radius 3 is 3.04 bits per heavy atom. The second kappa shape index (κ2) is 8.47. The molecule has 0 bridgehead atoms. The zero-order chi connectivity index (χ0) is 19.2. The van der Waals surface area contributed by atoms with Gasteiger partial charge in [-0.1, -0.05) is 6.07 Å². The van der Waals surface area contributed by atoms with Crippen molar-refractivity contribution in [2.24, 2.45) is 0 Å². The molecule has 2 heterocycles. The predicted molar refractivity (Wildman–Crippen MR) is 102 cm³/mol. The zero-order valence-electron chi connectivity index (χ0n) is 14.7. The molecule has 7 nitrogen and oxygen atoms in total. The monoisotopic (exact) mass is 382 g/mol. The van der Waals surface area contributed by atoms with Crippen LogP contribution in [0.25, 0.3) is 6.08 Å². The van der Waals surface area contributed by atoms with Gasteiger partial charge in [0.25, 0.3) is 0 Å². The number of carbonyl (C=O) groups is 2. The summed E-state index contributed by atoms with van der Waals surface area (Å²) in [7, 11) is 1.52. The maximum atomic E-state index is 12.2. The van der Waals surface area contributed by atoms with E-state index in [0.29, 0.717) is 29.8 Å². The lowest BCUT2D eigenvalue weighted by Gasteiger charge is -2.22. The first-order chi connectivity index (χ1) is 13.1. The third-order valence-electron chi connectivity index (χ3n) is 4.16. The van der Waals surface area contributed by atoms with Crippen LogP contribution < -0.4 is 10.6 Å². The van der Waals surface area contributed by atoms with E-state index in [0.717, 1.165) is 16.0 Å². The zero-order valence-corrected chi connectivity index (χ0v) is 15.5. The van der Waals surface area contributed by atoms with Crippen LogP contribution in [0.15, 0.2) is 30.6 Å². The number of ether oxygens (including phenoxy) is 1. The number of rotatable bonds is 4. The molecule has 0 fully saturated rings. The van der Waals surface area contributed by atoms with Crippen LogP contribution in [-0.4, -0.2) is 30.1 Å². The fourth-order valence-corrected chi connectivity index (χ4v) is 4.14. The molecule has 1 aliphatic rings. The van der Waals surface area contributed by atoms with Gasteiger partial charge in [0.15, 0.2) is 0 Å². The molecule has 1 aliphatic carbocycles. The summed E-state index contributed by atoms with van der Waals surface area (Å²) in [4.78, 5) is 28.6. The summed E-state index contributed by atoms with van der Waals surface area (Å²) >= 11 is 1.36. The minimum Gasteiger partial charge on any atom is -0.446 e. The van der Waals surface area contributed by atoms with Crippen LogP contribution in [0.5, 0.6) is 0 Å². The number of fused-ring (bicyclic) bond motifs is 1. The first-order valence-corrected chi connectivity index (χ1v) is 9.24. The van der Waals surface area contributed by atoms with Gasteiger partial charge < -0.3 is 15.4 Å². The van der Waals surface area contributed by atoms with Gasteiger partial charge in [-0.25, -0.2) is 4.79 Å². The molecule has 2 N–H and O–H groups in total. The van der Waals surface area contributed by atoms with E-state index < -0.39 is 6.09 Å². The van der Waals surface area contributed by atoms with Gasteiger partial charge in [0, 0.05) is 36.8 Å². The number of nitrogens with zero attached hydrogens (tertiary/aromatic N) is 2. The van der Waals surface area contributed by atoms with Crippen LogP contribution in [0.4, 0.5) is 9.80 Å². The van der Waals surface area contributed by atoms with E-state index in [-0.39, 0.29) is 12.0 Å². The molecule has 2 aromatic rings. The highest BCUT2D eigenvalue weighted by Crippen LogP contribution is 2.38. The van der Waals surface area contributed by atoms with Crippen LogP contribution >= 0.6 is 11.3 Å². The van der Waals surface area contributed by atoms with E-state index in [1.165, 1.54) is 24.5 Å². The third kappa shape index (κ3) is 4.51. The summed E-state index contributed by atoms with van der Waals surface area (Å²) in [5.41, 5.74) is 2.25. The molecule has 0 saturated heterocycles. The molecule has 138 valence electrons. The molecule has 2 aromatic heterocycles. The Morgan fingerprint density at radius 2 is 2.33 bits per heavy atom. The number of carbonyl (C=O) groups excluding carboxylic acids is 2. The van der Waals surface area contributed by atoms with Crippen molar-refractivity contribution < 1.29 is 14.3 Å². The van der Waals surface area contributed by atoms with Crippen molar-refractivity contribution in [3.63, 3.8) is 0 Å². The van der Waals surface area contributed by atoms with Gasteiger partial charge in [0.2, 0.25) is 5.91 Å². The highest BCUT2D eigenvalue weighted by Gasteiger charge is 2.28. The molecule has 8 heteroatoms. The van der Waals surface area contributed by atoms with Crippen LogP contribution in [-0.2, 0) is 22.4 Å². The number of amides is 2. The predicted octanol–water partition coefficient (Wildman–Crippen LogP) is 2.88. The molecular weight excluding hydrogens is 364 g/mol. The van der Waals surface area contributed by atoms with Crippen LogP contribution in [0.2, 0.25) is 0 Å². The normalized spacial score (nSPS) is 15.6. The maximum absolute atomic E-state index is 12.2. The topological polar surface area (TPSA) is 104 Å². The minimum atomic E-state index is -0.463. The van der Waals surface area contributed by atoms with E-state index in [1.54, 1.807) is 24.5 Å². The van der Waals surface area contributed by atoms with Crippen molar-refractivity contribution in [1.82, 2.24) is 10.3 Å². The number of alkyl carbamates (subject to hydrolysis) is 1. The number of aromatic nitrogens is 1. The molecule has 0 aliphatic heterocycles. The average Bonchev–Trinajstić information content (AvgIpc) is 3.03. The molecule has 1 atom stereocenters. The van der Waals surface area contributed by atoms with Crippen molar-refractivity contribution >= 4 is 34.4 Å². The number of nitriles is 1. The molecule has 0 radical (unpaired) electrons. The van der Waals surface area contributed by atoms with E-state index in [9.17, 15) is 14.9 Å². The first-order valence-electron chi connectivity index (χ1n) is 8.42. The summed E-state index contributed by atoms with van der Waals surface area (Å²) in [5, 5.41) is 15.3. The molecule has 3 rings (SSSR count). The lowest BCUT2D eigenvalue weighted by Crippen LogP contribution is -2.29. The summed E-state index contributed by atoms with van der Waals surface area (Å²) in [6.45, 7) is 0. The van der Waals surface area contributed by atoms with Gasteiger partial charge in [-0.2, -0.15) is 5.26 Å². The number of pyridine rings is 1. The quantitative estimate of drug-likeness (QED) is 0.791. The maximum Gasteiger partial charge on any atom is 0.407 e. The fourth-order valence-electron chi connectivity index (χ4n) is 2.87. The van der Waals surface area contributed by atoms with Crippen molar-refractivity contribution in [2.45, 2.75) is 25.4 Å². The van der Waals surface area contributed by atoms with Gasteiger partial charge in [-0.05, 0) is 36.1 Å². The van der Waals surface area contributed by atoms with Gasteiger partial charge in [-0.3, -0.25) is 9.78 Å². The van der Waals surface area contributed by atoms with E-state index in [4.69, 9.17) is 4.74 Å². The molecule has 0 saturated carbocycles. The van der Waals surface area contributed by atoms with Crippen molar-refractivity contribution in [1.29, 1.82) is 5.26 Å².